The molecular formula is C75H48N6. The minimum Gasteiger partial charge on any atom is -0.309 e. The van der Waals surface area contributed by atoms with Gasteiger partial charge in [-0.15, -0.1) is 0 Å². The average molecular weight is 1040 g/mol. The second-order valence-electron chi connectivity index (χ2n) is 20.0. The SMILES string of the molecule is [2H]c1c([2H])c([2H])c(-c2ccc3c(c2)c2cc(-c4c([2H])c([2H])c([2H])c([2H])c4[2H])ccc2n3-c2nc(-c3ccccc3-n3c4ccccc4c4cc(-c5ccccc5)ccc43)nc(-c3ccccc3-n3c4ccccc4c4cc(-c5ccccc5)ccc43)n2)c([2H])c1[2H]. The van der Waals surface area contributed by atoms with Crippen LogP contribution in [0.5, 0.6) is 0 Å². The molecule has 0 amide bonds. The van der Waals surface area contributed by atoms with Crippen LogP contribution in [0.2, 0.25) is 0 Å². The molecule has 0 unspecified atom stereocenters. The van der Waals surface area contributed by atoms with Crippen molar-refractivity contribution in [3.8, 4) is 84.6 Å². The van der Waals surface area contributed by atoms with Crippen LogP contribution >= 0.6 is 0 Å². The highest BCUT2D eigenvalue weighted by molar-refractivity contribution is 6.14. The Bertz CT molecular complexity index is 5340. The van der Waals surface area contributed by atoms with E-state index in [0.717, 1.165) is 77.2 Å². The van der Waals surface area contributed by atoms with E-state index in [9.17, 15) is 0 Å². The molecular weight excluding hydrogens is 985 g/mol. The summed E-state index contributed by atoms with van der Waals surface area (Å²) < 4.78 is 94.0. The molecule has 378 valence electrons. The highest BCUT2D eigenvalue weighted by atomic mass is 15.2. The van der Waals surface area contributed by atoms with E-state index in [1.54, 1.807) is 24.3 Å². The number of fused-ring (bicyclic) bond motifs is 9. The molecule has 0 spiro atoms. The van der Waals surface area contributed by atoms with E-state index in [1.165, 1.54) is 0 Å². The van der Waals surface area contributed by atoms with Crippen LogP contribution in [-0.4, -0.2) is 28.7 Å². The Labute approximate surface area is 481 Å². The van der Waals surface area contributed by atoms with Crippen molar-refractivity contribution >= 4 is 65.4 Å². The minimum absolute atomic E-state index is 0.00350. The molecule has 0 saturated carbocycles. The lowest BCUT2D eigenvalue weighted by molar-refractivity contribution is 0.950. The molecule has 16 aromatic rings. The number of benzene rings is 12. The Hall–Kier alpha value is -11.0. The van der Waals surface area contributed by atoms with E-state index in [2.05, 4.69) is 118 Å². The molecule has 0 bridgehead atoms. The predicted molar refractivity (Wildman–Crippen MR) is 335 cm³/mol. The maximum absolute atomic E-state index is 9.05. The highest BCUT2D eigenvalue weighted by Gasteiger charge is 2.25. The van der Waals surface area contributed by atoms with Crippen LogP contribution in [0.1, 0.15) is 13.7 Å². The molecule has 81 heavy (non-hydrogen) atoms. The van der Waals surface area contributed by atoms with Gasteiger partial charge in [-0.1, -0.05) is 206 Å². The number of para-hydroxylation sites is 4. The van der Waals surface area contributed by atoms with Crippen molar-refractivity contribution in [1.29, 1.82) is 0 Å². The molecule has 0 aliphatic carbocycles. The first-order valence-electron chi connectivity index (χ1n) is 31.7. The van der Waals surface area contributed by atoms with Crippen LogP contribution in [0.15, 0.2) is 291 Å². The maximum atomic E-state index is 9.05. The van der Waals surface area contributed by atoms with E-state index >= 15 is 0 Å². The zero-order valence-corrected chi connectivity index (χ0v) is 43.1. The Morgan fingerprint density at radius 1 is 0.247 bits per heavy atom. The smallest absolute Gasteiger partial charge is 0.238 e. The third-order valence-corrected chi connectivity index (χ3v) is 15.5. The molecule has 6 nitrogen and oxygen atoms in total. The summed E-state index contributed by atoms with van der Waals surface area (Å²) in [5.74, 6) is 0.891. The molecule has 16 rings (SSSR count). The number of nitrogens with zero attached hydrogens (tertiary/aromatic N) is 6. The van der Waals surface area contributed by atoms with E-state index in [1.807, 2.05) is 102 Å². The standard InChI is InChI=1S/C75H48N6/c1-5-21-49(22-6-1)53-37-41-69-61(45-53)57-29-13-17-33-65(57)79(69)67-35-19-15-31-59(67)73-76-74(60-32-16-20-36-68(60)80-66-34-18-14-30-58(66)62-46-54(38-42-70(62)80)50-23-7-2-8-24-50)78-75(77-73)81-71-43-39-55(51-25-9-3-10-26-51)47-63(71)64-48-56(40-44-72(64)81)52-27-11-4-12-28-52/h1-48H/i3D,4D,9D,10D,11D,12D,25D,26D,27D,28D. The highest BCUT2D eigenvalue weighted by Crippen LogP contribution is 2.42. The van der Waals surface area contributed by atoms with E-state index in [0.29, 0.717) is 55.7 Å². The first-order valence-corrected chi connectivity index (χ1v) is 26.7. The lowest BCUT2D eigenvalue weighted by Gasteiger charge is -2.17. The van der Waals surface area contributed by atoms with Gasteiger partial charge in [-0.25, -0.2) is 4.98 Å². The summed E-state index contributed by atoms with van der Waals surface area (Å²) in [6.07, 6.45) is 0. The van der Waals surface area contributed by atoms with Crippen molar-refractivity contribution in [2.24, 2.45) is 0 Å². The summed E-state index contributed by atoms with van der Waals surface area (Å²) >= 11 is 0. The molecule has 4 heterocycles. The zero-order valence-electron chi connectivity index (χ0n) is 53.1. The molecule has 0 radical (unpaired) electrons. The van der Waals surface area contributed by atoms with E-state index in [-0.39, 0.29) is 41.2 Å². The number of hydrogen-bond acceptors (Lipinski definition) is 3. The van der Waals surface area contributed by atoms with Gasteiger partial charge in [0.25, 0.3) is 0 Å². The van der Waals surface area contributed by atoms with Gasteiger partial charge < -0.3 is 9.13 Å². The third kappa shape index (κ3) is 7.68. The molecule has 0 aliphatic heterocycles. The Kier molecular flexibility index (Phi) is 8.63. The fourth-order valence-corrected chi connectivity index (χ4v) is 11.8. The Morgan fingerprint density at radius 2 is 0.580 bits per heavy atom. The average Bonchev–Trinajstić information content (AvgIpc) is 1.95. The van der Waals surface area contributed by atoms with Gasteiger partial charge in [0.05, 0.1) is 58.2 Å². The normalized spacial score (nSPS) is 13.4. The monoisotopic (exact) mass is 1040 g/mol. The van der Waals surface area contributed by atoms with Crippen LogP contribution in [0.4, 0.5) is 0 Å². The summed E-state index contributed by atoms with van der Waals surface area (Å²) in [5.41, 5.74) is 13.1. The van der Waals surface area contributed by atoms with Gasteiger partial charge in [-0.05, 0) is 129 Å². The number of aromatic nitrogens is 6. The summed E-state index contributed by atoms with van der Waals surface area (Å²) in [7, 11) is 0. The van der Waals surface area contributed by atoms with Gasteiger partial charge in [-0.3, -0.25) is 4.57 Å². The van der Waals surface area contributed by atoms with Gasteiger partial charge in [0.2, 0.25) is 5.95 Å². The second kappa shape index (κ2) is 18.9. The molecule has 4 aromatic heterocycles. The quantitative estimate of drug-likeness (QED) is 0.145. The van der Waals surface area contributed by atoms with Gasteiger partial charge in [-0.2, -0.15) is 9.97 Å². The fraction of sp³-hybridized carbons (Fsp3) is 0. The zero-order chi connectivity index (χ0) is 62.1. The van der Waals surface area contributed by atoms with Crippen molar-refractivity contribution in [2.45, 2.75) is 0 Å². The van der Waals surface area contributed by atoms with Crippen LogP contribution in [-0.2, 0) is 0 Å². The van der Waals surface area contributed by atoms with E-state index in [4.69, 9.17) is 28.7 Å². The van der Waals surface area contributed by atoms with Gasteiger partial charge in [0.1, 0.15) is 0 Å². The molecule has 12 aromatic carbocycles. The second-order valence-corrected chi connectivity index (χ2v) is 20.0. The fourth-order valence-electron chi connectivity index (χ4n) is 11.8. The van der Waals surface area contributed by atoms with Crippen LogP contribution in [0.25, 0.3) is 150 Å². The van der Waals surface area contributed by atoms with Crippen LogP contribution in [0, 0.1) is 0 Å². The van der Waals surface area contributed by atoms with Crippen molar-refractivity contribution in [1.82, 2.24) is 28.7 Å². The lowest BCUT2D eigenvalue weighted by Crippen LogP contribution is -2.09. The molecule has 0 N–H and O–H groups in total. The first-order chi connectivity index (χ1) is 44.3. The summed E-state index contributed by atoms with van der Waals surface area (Å²) in [4.78, 5) is 16.6. The Morgan fingerprint density at radius 3 is 1.01 bits per heavy atom. The maximum Gasteiger partial charge on any atom is 0.238 e. The molecule has 6 heteroatoms. The Balaban J connectivity index is 0.988. The van der Waals surface area contributed by atoms with Gasteiger partial charge in [0, 0.05) is 43.4 Å². The van der Waals surface area contributed by atoms with Gasteiger partial charge >= 0.3 is 0 Å². The summed E-state index contributed by atoms with van der Waals surface area (Å²) in [5, 5.41) is 5.34. The molecule has 0 saturated heterocycles. The summed E-state index contributed by atoms with van der Waals surface area (Å²) in [6.45, 7) is 0. The predicted octanol–water partition coefficient (Wildman–Crippen LogP) is 19.2. The number of hydrogen-bond donors (Lipinski definition) is 0. The summed E-state index contributed by atoms with van der Waals surface area (Å²) in [6, 6.07) is 72.8. The largest absolute Gasteiger partial charge is 0.309 e. The molecule has 0 aliphatic rings. The van der Waals surface area contributed by atoms with Gasteiger partial charge in [0.15, 0.2) is 11.6 Å². The number of rotatable bonds is 9. The van der Waals surface area contributed by atoms with Crippen molar-refractivity contribution in [3.05, 3.63) is 291 Å². The molecule has 0 atom stereocenters. The van der Waals surface area contributed by atoms with Crippen molar-refractivity contribution in [3.63, 3.8) is 0 Å². The van der Waals surface area contributed by atoms with Crippen LogP contribution < -0.4 is 0 Å². The first kappa shape index (κ1) is 37.0. The third-order valence-electron chi connectivity index (χ3n) is 15.5. The van der Waals surface area contributed by atoms with Crippen molar-refractivity contribution in [2.75, 3.05) is 0 Å². The minimum atomic E-state index is -0.519. The lowest BCUT2D eigenvalue weighted by atomic mass is 10.0. The molecule has 0 fully saturated rings. The topological polar surface area (TPSA) is 53.5 Å². The van der Waals surface area contributed by atoms with Crippen LogP contribution in [0.3, 0.4) is 0 Å². The van der Waals surface area contributed by atoms with E-state index < -0.39 is 36.3 Å². The van der Waals surface area contributed by atoms with Crippen molar-refractivity contribution < 1.29 is 13.7 Å².